The summed E-state index contributed by atoms with van der Waals surface area (Å²) in [7, 11) is 0. The molecule has 6 heteroatoms. The van der Waals surface area contributed by atoms with E-state index < -0.39 is 18.5 Å². The van der Waals surface area contributed by atoms with E-state index in [9.17, 15) is 18.0 Å². The molecular formula is C17H20F3NO2. The van der Waals surface area contributed by atoms with Gasteiger partial charge in [-0.15, -0.1) is 0 Å². The Morgan fingerprint density at radius 2 is 1.96 bits per heavy atom. The van der Waals surface area contributed by atoms with Crippen molar-refractivity contribution in [3.8, 4) is 5.75 Å². The van der Waals surface area contributed by atoms with Crippen molar-refractivity contribution in [2.75, 3.05) is 19.7 Å². The summed E-state index contributed by atoms with van der Waals surface area (Å²) in [6.07, 6.45) is -2.67. The molecule has 3 rings (SSSR count). The van der Waals surface area contributed by atoms with E-state index in [4.69, 9.17) is 4.74 Å². The third kappa shape index (κ3) is 4.18. The predicted octanol–water partition coefficient (Wildman–Crippen LogP) is 3.74. The van der Waals surface area contributed by atoms with Gasteiger partial charge in [-0.3, -0.25) is 4.79 Å². The van der Waals surface area contributed by atoms with Gasteiger partial charge in [0, 0.05) is 18.7 Å². The molecule has 0 bridgehead atoms. The average molecular weight is 327 g/mol. The topological polar surface area (TPSA) is 29.5 Å². The van der Waals surface area contributed by atoms with Gasteiger partial charge in [0.05, 0.1) is 18.9 Å². The van der Waals surface area contributed by atoms with Crippen molar-refractivity contribution in [3.05, 3.63) is 29.8 Å². The van der Waals surface area contributed by atoms with Crippen molar-refractivity contribution < 1.29 is 22.7 Å². The van der Waals surface area contributed by atoms with Crippen molar-refractivity contribution in [2.45, 2.75) is 37.8 Å². The maximum absolute atomic E-state index is 12.8. The number of hydrogen-bond donors (Lipinski definition) is 0. The zero-order valence-corrected chi connectivity index (χ0v) is 12.8. The van der Waals surface area contributed by atoms with Crippen LogP contribution in [0.2, 0.25) is 0 Å². The van der Waals surface area contributed by atoms with Gasteiger partial charge >= 0.3 is 6.18 Å². The van der Waals surface area contributed by atoms with Crippen LogP contribution in [0.15, 0.2) is 24.3 Å². The summed E-state index contributed by atoms with van der Waals surface area (Å²) >= 11 is 0. The van der Waals surface area contributed by atoms with Crippen LogP contribution >= 0.6 is 0 Å². The summed E-state index contributed by atoms with van der Waals surface area (Å²) in [5, 5.41) is 0. The number of benzene rings is 1. The molecule has 1 aliphatic carbocycles. The first-order valence-electron chi connectivity index (χ1n) is 8.01. The first-order chi connectivity index (χ1) is 10.9. The molecular weight excluding hydrogens is 307 g/mol. The Balaban J connectivity index is 1.75. The second-order valence-corrected chi connectivity index (χ2v) is 6.32. The average Bonchev–Trinajstić information content (AvgIpc) is 3.33. The zero-order chi connectivity index (χ0) is 16.4. The van der Waals surface area contributed by atoms with Gasteiger partial charge < -0.3 is 9.64 Å². The molecule has 0 aromatic heterocycles. The number of para-hydroxylation sites is 1. The minimum absolute atomic E-state index is 0.197. The van der Waals surface area contributed by atoms with Gasteiger partial charge in [-0.05, 0) is 31.2 Å². The number of alkyl halides is 3. The minimum atomic E-state index is -4.24. The van der Waals surface area contributed by atoms with Gasteiger partial charge in [0.15, 0.2) is 0 Å². The van der Waals surface area contributed by atoms with Crippen LogP contribution in [0.3, 0.4) is 0 Å². The number of hydrogen-bond acceptors (Lipinski definition) is 2. The second-order valence-electron chi connectivity index (χ2n) is 6.32. The molecule has 1 aromatic carbocycles. The summed E-state index contributed by atoms with van der Waals surface area (Å²) in [6, 6.07) is 7.29. The SMILES string of the molecule is O=C([C@H]1CCOc2ccccc21)N(CCC(F)(F)F)CC1CC1. The van der Waals surface area contributed by atoms with E-state index in [1.54, 1.807) is 6.07 Å². The largest absolute Gasteiger partial charge is 0.493 e. The second kappa shape index (κ2) is 6.42. The Kier molecular flexibility index (Phi) is 4.50. The number of nitrogens with zero attached hydrogens (tertiary/aromatic N) is 1. The first-order valence-corrected chi connectivity index (χ1v) is 8.01. The van der Waals surface area contributed by atoms with Crippen molar-refractivity contribution in [1.29, 1.82) is 0 Å². The van der Waals surface area contributed by atoms with Crippen LogP contribution in [-0.2, 0) is 4.79 Å². The van der Waals surface area contributed by atoms with E-state index in [0.717, 1.165) is 18.4 Å². The van der Waals surface area contributed by atoms with Crippen molar-refractivity contribution in [3.63, 3.8) is 0 Å². The fourth-order valence-corrected chi connectivity index (χ4v) is 2.98. The molecule has 1 saturated carbocycles. The molecule has 126 valence electrons. The zero-order valence-electron chi connectivity index (χ0n) is 12.8. The summed E-state index contributed by atoms with van der Waals surface area (Å²) in [4.78, 5) is 14.3. The number of rotatable bonds is 5. The van der Waals surface area contributed by atoms with E-state index in [0.29, 0.717) is 31.2 Å². The monoisotopic (exact) mass is 327 g/mol. The van der Waals surface area contributed by atoms with Gasteiger partial charge in [-0.2, -0.15) is 13.2 Å². The Hall–Kier alpha value is -1.72. The third-order valence-corrected chi connectivity index (χ3v) is 4.41. The lowest BCUT2D eigenvalue weighted by atomic mass is 9.91. The lowest BCUT2D eigenvalue weighted by Gasteiger charge is -2.31. The molecule has 0 N–H and O–H groups in total. The molecule has 1 amide bonds. The van der Waals surface area contributed by atoms with Crippen LogP contribution in [-0.4, -0.2) is 36.7 Å². The third-order valence-electron chi connectivity index (χ3n) is 4.41. The highest BCUT2D eigenvalue weighted by atomic mass is 19.4. The van der Waals surface area contributed by atoms with E-state index in [2.05, 4.69) is 0 Å². The first kappa shape index (κ1) is 16.1. The van der Waals surface area contributed by atoms with Crippen molar-refractivity contribution >= 4 is 5.91 Å². The number of ether oxygens (including phenoxy) is 1. The molecule has 0 saturated heterocycles. The van der Waals surface area contributed by atoms with E-state index in [1.807, 2.05) is 18.2 Å². The van der Waals surface area contributed by atoms with Crippen molar-refractivity contribution in [1.82, 2.24) is 4.90 Å². The fraction of sp³-hybridized carbons (Fsp3) is 0.588. The number of carbonyl (C=O) groups excluding carboxylic acids is 1. The summed E-state index contributed by atoms with van der Waals surface area (Å²) < 4.78 is 43.2. The molecule has 0 spiro atoms. The Morgan fingerprint density at radius 3 is 2.65 bits per heavy atom. The highest BCUT2D eigenvalue weighted by Crippen LogP contribution is 2.36. The Morgan fingerprint density at radius 1 is 1.22 bits per heavy atom. The maximum atomic E-state index is 12.8. The summed E-state index contributed by atoms with van der Waals surface area (Å²) in [5.41, 5.74) is 0.788. The standard InChI is InChI=1S/C17H20F3NO2/c18-17(19,20)8-9-21(11-12-5-6-12)16(22)14-7-10-23-15-4-2-1-3-13(14)15/h1-4,12,14H,5-11H2/t14-/m0/s1. The lowest BCUT2D eigenvalue weighted by molar-refractivity contribution is -0.146. The van der Waals surface area contributed by atoms with Gasteiger partial charge in [0.1, 0.15) is 5.75 Å². The number of halogens is 3. The molecule has 1 heterocycles. The Bertz CT molecular complexity index is 569. The predicted molar refractivity (Wildman–Crippen MR) is 79.3 cm³/mol. The molecule has 1 atom stereocenters. The highest BCUT2D eigenvalue weighted by Gasteiger charge is 2.36. The lowest BCUT2D eigenvalue weighted by Crippen LogP contribution is -2.40. The van der Waals surface area contributed by atoms with E-state index in [-0.39, 0.29) is 12.5 Å². The fourth-order valence-electron chi connectivity index (χ4n) is 2.98. The number of fused-ring (bicyclic) bond motifs is 1. The number of carbonyl (C=O) groups is 1. The highest BCUT2D eigenvalue weighted by molar-refractivity contribution is 5.85. The van der Waals surface area contributed by atoms with Crippen LogP contribution in [0.25, 0.3) is 0 Å². The molecule has 0 unspecified atom stereocenters. The molecule has 23 heavy (non-hydrogen) atoms. The molecule has 3 nitrogen and oxygen atoms in total. The summed E-state index contributed by atoms with van der Waals surface area (Å²) in [6.45, 7) is 0.608. The molecule has 2 aliphatic rings. The molecule has 1 aromatic rings. The van der Waals surface area contributed by atoms with Gasteiger partial charge in [0.25, 0.3) is 0 Å². The molecule has 1 aliphatic heterocycles. The quantitative estimate of drug-likeness (QED) is 0.824. The molecule has 1 fully saturated rings. The van der Waals surface area contributed by atoms with Crippen molar-refractivity contribution in [2.24, 2.45) is 5.92 Å². The van der Waals surface area contributed by atoms with E-state index >= 15 is 0 Å². The van der Waals surface area contributed by atoms with Crippen LogP contribution in [0, 0.1) is 5.92 Å². The Labute approximate surface area is 133 Å². The summed E-state index contributed by atoms with van der Waals surface area (Å²) in [5.74, 6) is 0.436. The smallest absolute Gasteiger partial charge is 0.390 e. The van der Waals surface area contributed by atoms with Gasteiger partial charge in [-0.25, -0.2) is 0 Å². The van der Waals surface area contributed by atoms with E-state index in [1.165, 1.54) is 4.90 Å². The maximum Gasteiger partial charge on any atom is 0.390 e. The molecule has 0 radical (unpaired) electrons. The van der Waals surface area contributed by atoms with Crippen LogP contribution in [0.4, 0.5) is 13.2 Å². The van der Waals surface area contributed by atoms with Crippen LogP contribution in [0.1, 0.15) is 37.2 Å². The van der Waals surface area contributed by atoms with Crippen LogP contribution in [0.5, 0.6) is 5.75 Å². The minimum Gasteiger partial charge on any atom is -0.493 e. The normalized spacial score (nSPS) is 20.6. The number of amides is 1. The van der Waals surface area contributed by atoms with Crippen LogP contribution < -0.4 is 4.74 Å². The van der Waals surface area contributed by atoms with Gasteiger partial charge in [0.2, 0.25) is 5.91 Å². The van der Waals surface area contributed by atoms with Gasteiger partial charge in [-0.1, -0.05) is 18.2 Å².